The van der Waals surface area contributed by atoms with Crippen LogP contribution in [0.3, 0.4) is 0 Å². The van der Waals surface area contributed by atoms with Crippen molar-refractivity contribution in [1.29, 1.82) is 0 Å². The molecule has 0 aliphatic carbocycles. The van der Waals surface area contributed by atoms with Crippen LogP contribution >= 0.6 is 15.9 Å². The van der Waals surface area contributed by atoms with E-state index in [0.29, 0.717) is 25.2 Å². The highest BCUT2D eigenvalue weighted by Gasteiger charge is 2.30. The van der Waals surface area contributed by atoms with E-state index < -0.39 is 10.0 Å². The molecule has 0 aromatic heterocycles. The molecule has 0 saturated carbocycles. The smallest absolute Gasteiger partial charge is 0.317 e. The lowest BCUT2D eigenvalue weighted by Gasteiger charge is -2.34. The van der Waals surface area contributed by atoms with Crippen LogP contribution in [0.15, 0.2) is 57.9 Å². The van der Waals surface area contributed by atoms with Gasteiger partial charge in [0.2, 0.25) is 10.0 Å². The maximum Gasteiger partial charge on any atom is 0.317 e. The number of urea groups is 1. The Balaban J connectivity index is 1.51. The number of rotatable bonds is 5. The highest BCUT2D eigenvalue weighted by Crippen LogP contribution is 2.20. The predicted octanol–water partition coefficient (Wildman–Crippen LogP) is 2.02. The number of hydrogen-bond donors (Lipinski definition) is 2. The van der Waals surface area contributed by atoms with Crippen LogP contribution in [0.5, 0.6) is 0 Å². The normalized spacial score (nSPS) is 14.9. The predicted molar refractivity (Wildman–Crippen MR) is 117 cm³/mol. The van der Waals surface area contributed by atoms with Gasteiger partial charge in [-0.3, -0.25) is 4.79 Å². The Morgan fingerprint density at radius 2 is 1.57 bits per heavy atom. The van der Waals surface area contributed by atoms with Gasteiger partial charge in [-0.05, 0) is 42.0 Å². The van der Waals surface area contributed by atoms with E-state index in [2.05, 4.69) is 26.6 Å². The molecule has 8 nitrogen and oxygen atoms in total. The molecule has 10 heteroatoms. The molecule has 0 atom stereocenters. The monoisotopic (exact) mass is 494 g/mol. The lowest BCUT2D eigenvalue weighted by molar-refractivity contribution is 0.0963. The Labute approximate surface area is 184 Å². The van der Waals surface area contributed by atoms with Crippen LogP contribution in [-0.2, 0) is 16.6 Å². The van der Waals surface area contributed by atoms with Crippen LogP contribution in [0, 0.1) is 0 Å². The summed E-state index contributed by atoms with van der Waals surface area (Å²) < 4.78 is 27.7. The van der Waals surface area contributed by atoms with E-state index in [1.807, 2.05) is 0 Å². The number of carbonyl (C=O) groups is 2. The first-order valence-electron chi connectivity index (χ1n) is 9.41. The Morgan fingerprint density at radius 1 is 0.967 bits per heavy atom. The van der Waals surface area contributed by atoms with Crippen molar-refractivity contribution in [3.8, 4) is 0 Å². The molecule has 2 aromatic rings. The van der Waals surface area contributed by atoms with Crippen molar-refractivity contribution >= 4 is 37.9 Å². The van der Waals surface area contributed by atoms with Gasteiger partial charge in [0, 0.05) is 49.8 Å². The minimum Gasteiger partial charge on any atom is -0.355 e. The fourth-order valence-corrected chi connectivity index (χ4v) is 4.78. The van der Waals surface area contributed by atoms with Crippen LogP contribution in [0.4, 0.5) is 4.79 Å². The standard InChI is InChI=1S/C20H23BrN4O4S/c1-22-19(26)16-4-2-15(3-5-16)14-23-20(27)24-10-12-25(13-11-24)30(28,29)18-8-6-17(21)7-9-18/h2-9H,10-14H2,1H3,(H,22,26)(H,23,27). The SMILES string of the molecule is CNC(=O)c1ccc(CNC(=O)N2CCN(S(=O)(=O)c3ccc(Br)cc3)CC2)cc1. The molecule has 3 rings (SSSR count). The summed E-state index contributed by atoms with van der Waals surface area (Å²) in [4.78, 5) is 25.8. The minimum atomic E-state index is -3.58. The molecule has 160 valence electrons. The number of sulfonamides is 1. The minimum absolute atomic E-state index is 0.165. The van der Waals surface area contributed by atoms with Gasteiger partial charge in [-0.15, -0.1) is 0 Å². The topological polar surface area (TPSA) is 98.8 Å². The third kappa shape index (κ3) is 5.18. The third-order valence-electron chi connectivity index (χ3n) is 4.86. The Morgan fingerprint density at radius 3 is 2.13 bits per heavy atom. The van der Waals surface area contributed by atoms with E-state index in [-0.39, 0.29) is 29.9 Å². The Kier molecular flexibility index (Phi) is 7.11. The molecule has 0 unspecified atom stereocenters. The molecule has 2 N–H and O–H groups in total. The molecule has 1 heterocycles. The maximum absolute atomic E-state index is 12.7. The zero-order valence-electron chi connectivity index (χ0n) is 16.5. The zero-order chi connectivity index (χ0) is 21.7. The van der Waals surface area contributed by atoms with Gasteiger partial charge in [-0.2, -0.15) is 4.31 Å². The highest BCUT2D eigenvalue weighted by molar-refractivity contribution is 9.10. The van der Waals surface area contributed by atoms with Crippen molar-refractivity contribution in [2.75, 3.05) is 33.2 Å². The van der Waals surface area contributed by atoms with Crippen LogP contribution < -0.4 is 10.6 Å². The van der Waals surface area contributed by atoms with E-state index in [1.54, 1.807) is 60.5 Å². The summed E-state index contributed by atoms with van der Waals surface area (Å²) in [5.74, 6) is -0.165. The number of carbonyl (C=O) groups excluding carboxylic acids is 2. The molecule has 3 amide bonds. The molecular formula is C20H23BrN4O4S. The molecular weight excluding hydrogens is 472 g/mol. The average molecular weight is 495 g/mol. The van der Waals surface area contributed by atoms with Crippen LogP contribution in [0.25, 0.3) is 0 Å². The Bertz CT molecular complexity index is 1000. The van der Waals surface area contributed by atoms with Crippen molar-refractivity contribution < 1.29 is 18.0 Å². The van der Waals surface area contributed by atoms with Crippen molar-refractivity contribution in [2.45, 2.75) is 11.4 Å². The van der Waals surface area contributed by atoms with Crippen molar-refractivity contribution in [3.05, 3.63) is 64.1 Å². The van der Waals surface area contributed by atoms with Crippen LogP contribution in [0.2, 0.25) is 0 Å². The van der Waals surface area contributed by atoms with E-state index in [0.717, 1.165) is 10.0 Å². The quantitative estimate of drug-likeness (QED) is 0.663. The largest absolute Gasteiger partial charge is 0.355 e. The number of halogens is 1. The average Bonchev–Trinajstić information content (AvgIpc) is 2.77. The van der Waals surface area contributed by atoms with Gasteiger partial charge in [-0.1, -0.05) is 28.1 Å². The second-order valence-electron chi connectivity index (χ2n) is 6.78. The van der Waals surface area contributed by atoms with Gasteiger partial charge < -0.3 is 15.5 Å². The molecule has 1 fully saturated rings. The van der Waals surface area contributed by atoms with E-state index in [9.17, 15) is 18.0 Å². The highest BCUT2D eigenvalue weighted by atomic mass is 79.9. The number of piperazine rings is 1. The van der Waals surface area contributed by atoms with Crippen molar-refractivity contribution in [1.82, 2.24) is 19.8 Å². The van der Waals surface area contributed by atoms with Crippen LogP contribution in [-0.4, -0.2) is 62.8 Å². The molecule has 1 aliphatic rings. The molecule has 1 aliphatic heterocycles. The van der Waals surface area contributed by atoms with Gasteiger partial charge in [0.25, 0.3) is 5.91 Å². The van der Waals surface area contributed by atoms with Crippen molar-refractivity contribution in [3.63, 3.8) is 0 Å². The second kappa shape index (κ2) is 9.59. The first-order valence-corrected chi connectivity index (χ1v) is 11.6. The zero-order valence-corrected chi connectivity index (χ0v) is 18.9. The molecule has 2 aromatic carbocycles. The maximum atomic E-state index is 12.7. The molecule has 30 heavy (non-hydrogen) atoms. The molecule has 0 radical (unpaired) electrons. The van der Waals surface area contributed by atoms with Gasteiger partial charge in [0.1, 0.15) is 0 Å². The number of benzene rings is 2. The number of nitrogens with one attached hydrogen (secondary N) is 2. The summed E-state index contributed by atoms with van der Waals surface area (Å²) in [7, 11) is -2.01. The van der Waals surface area contributed by atoms with Gasteiger partial charge in [-0.25, -0.2) is 13.2 Å². The fraction of sp³-hybridized carbons (Fsp3) is 0.300. The summed E-state index contributed by atoms with van der Waals surface area (Å²) in [6.45, 7) is 1.44. The summed E-state index contributed by atoms with van der Waals surface area (Å²) in [5, 5.41) is 5.39. The fourth-order valence-electron chi connectivity index (χ4n) is 3.09. The van der Waals surface area contributed by atoms with Gasteiger partial charge in [0.15, 0.2) is 0 Å². The lowest BCUT2D eigenvalue weighted by Crippen LogP contribution is -2.52. The number of hydrogen-bond acceptors (Lipinski definition) is 4. The number of nitrogens with zero attached hydrogens (tertiary/aromatic N) is 2. The molecule has 0 bridgehead atoms. The van der Waals surface area contributed by atoms with E-state index >= 15 is 0 Å². The third-order valence-corrected chi connectivity index (χ3v) is 7.31. The van der Waals surface area contributed by atoms with Gasteiger partial charge in [0.05, 0.1) is 4.90 Å². The van der Waals surface area contributed by atoms with Gasteiger partial charge >= 0.3 is 6.03 Å². The molecule has 0 spiro atoms. The molecule has 1 saturated heterocycles. The van der Waals surface area contributed by atoms with E-state index in [4.69, 9.17) is 0 Å². The first-order chi connectivity index (χ1) is 14.3. The summed E-state index contributed by atoms with van der Waals surface area (Å²) in [5.41, 5.74) is 1.42. The first kappa shape index (κ1) is 22.3. The summed E-state index contributed by atoms with van der Waals surface area (Å²) in [6.07, 6.45) is 0. The summed E-state index contributed by atoms with van der Waals surface area (Å²) in [6, 6.07) is 13.2. The summed E-state index contributed by atoms with van der Waals surface area (Å²) >= 11 is 3.30. The number of amides is 3. The lowest BCUT2D eigenvalue weighted by atomic mass is 10.1. The van der Waals surface area contributed by atoms with Crippen LogP contribution in [0.1, 0.15) is 15.9 Å². The van der Waals surface area contributed by atoms with E-state index in [1.165, 1.54) is 4.31 Å². The second-order valence-corrected chi connectivity index (χ2v) is 9.63. The van der Waals surface area contributed by atoms with Crippen molar-refractivity contribution in [2.24, 2.45) is 0 Å². The Hall–Kier alpha value is -2.43.